The molecule has 1 aromatic heterocycles. The zero-order valence-electron chi connectivity index (χ0n) is 9.56. The highest BCUT2D eigenvalue weighted by Crippen LogP contribution is 2.16. The van der Waals surface area contributed by atoms with E-state index in [0.29, 0.717) is 6.54 Å². The molecule has 0 spiro atoms. The van der Waals surface area contributed by atoms with Gasteiger partial charge >= 0.3 is 0 Å². The summed E-state index contributed by atoms with van der Waals surface area (Å²) in [6.45, 7) is 1.15. The fourth-order valence-electron chi connectivity index (χ4n) is 1.93. The summed E-state index contributed by atoms with van der Waals surface area (Å²) >= 11 is 0. The maximum atomic E-state index is 10.5. The van der Waals surface area contributed by atoms with Crippen molar-refractivity contribution in [3.8, 4) is 0 Å². The summed E-state index contributed by atoms with van der Waals surface area (Å²) in [5, 5.41) is 10.5. The van der Waals surface area contributed by atoms with Crippen LogP contribution in [0.4, 0.5) is 0 Å². The lowest BCUT2D eigenvalue weighted by atomic mass is 10.3. The Balaban J connectivity index is 2.40. The van der Waals surface area contributed by atoms with Crippen molar-refractivity contribution < 1.29 is 15.6 Å². The lowest BCUT2D eigenvalue weighted by Crippen LogP contribution is -2.51. The van der Waals surface area contributed by atoms with Gasteiger partial charge in [-0.3, -0.25) is 0 Å². The fourth-order valence-corrected chi connectivity index (χ4v) is 1.93. The van der Waals surface area contributed by atoms with Gasteiger partial charge in [-0.05, 0) is 12.1 Å². The van der Waals surface area contributed by atoms with Crippen molar-refractivity contribution in [3.05, 3.63) is 30.1 Å². The molecule has 5 nitrogen and oxygen atoms in total. The number of benzene rings is 1. The molecule has 1 aromatic carbocycles. The first kappa shape index (κ1) is 11.6. The summed E-state index contributed by atoms with van der Waals surface area (Å²) in [5.74, 6) is -0.147. The largest absolute Gasteiger partial charge is 0.550 e. The standard InChI is InChI=1S/C12H15N3O2/c13-7-5-11-14-9-3-1-2-4-10(9)15(11)8-6-12(16)17/h1-4H,5-8,13H2,(H,16,17). The smallest absolute Gasteiger partial charge is 0.115 e. The normalized spacial score (nSPS) is 10.9. The maximum absolute atomic E-state index is 10.5. The van der Waals surface area contributed by atoms with Crippen LogP contribution < -0.4 is 10.8 Å². The van der Waals surface area contributed by atoms with E-state index in [1.807, 2.05) is 28.8 Å². The van der Waals surface area contributed by atoms with E-state index in [0.717, 1.165) is 29.8 Å². The second-order valence-electron chi connectivity index (χ2n) is 3.89. The Morgan fingerprint density at radius 2 is 2.18 bits per heavy atom. The minimum atomic E-state index is -1.04. The van der Waals surface area contributed by atoms with Gasteiger partial charge in [0.1, 0.15) is 5.82 Å². The van der Waals surface area contributed by atoms with Gasteiger partial charge in [0, 0.05) is 18.9 Å². The predicted octanol–water partition coefficient (Wildman–Crippen LogP) is -1.04. The monoisotopic (exact) mass is 233 g/mol. The third-order valence-corrected chi connectivity index (χ3v) is 2.67. The topological polar surface area (TPSA) is 85.6 Å². The van der Waals surface area contributed by atoms with Crippen LogP contribution in [0.1, 0.15) is 12.2 Å². The number of aromatic nitrogens is 2. The highest BCUT2D eigenvalue weighted by Gasteiger charge is 2.09. The molecular formula is C12H15N3O2. The molecule has 0 radical (unpaired) electrons. The van der Waals surface area contributed by atoms with Crippen molar-refractivity contribution in [2.24, 2.45) is 0 Å². The van der Waals surface area contributed by atoms with Crippen molar-refractivity contribution >= 4 is 17.0 Å². The molecule has 0 bridgehead atoms. The second-order valence-corrected chi connectivity index (χ2v) is 3.89. The Hall–Kier alpha value is -1.88. The number of aryl methyl sites for hydroxylation is 1. The number of carboxylic acids is 1. The first-order chi connectivity index (χ1) is 8.22. The Labute approximate surface area is 98.9 Å². The molecule has 5 heteroatoms. The molecule has 0 unspecified atom stereocenters. The lowest BCUT2D eigenvalue weighted by molar-refractivity contribution is -0.366. The predicted molar refractivity (Wildman–Crippen MR) is 60.8 cm³/mol. The summed E-state index contributed by atoms with van der Waals surface area (Å²) < 4.78 is 1.94. The summed E-state index contributed by atoms with van der Waals surface area (Å²) in [4.78, 5) is 15.0. The number of carbonyl (C=O) groups is 1. The number of hydrogen-bond acceptors (Lipinski definition) is 3. The zero-order chi connectivity index (χ0) is 12.3. The van der Waals surface area contributed by atoms with Crippen LogP contribution in [0.3, 0.4) is 0 Å². The van der Waals surface area contributed by atoms with Gasteiger partial charge in [0.05, 0.1) is 24.0 Å². The molecule has 0 atom stereocenters. The Morgan fingerprint density at radius 3 is 2.88 bits per heavy atom. The minimum absolute atomic E-state index is 0.00446. The SMILES string of the molecule is [NH3+]CCc1nc2ccccc2n1CCC(=O)[O-]. The summed E-state index contributed by atoms with van der Waals surface area (Å²) in [5.41, 5.74) is 5.67. The first-order valence-corrected chi connectivity index (χ1v) is 5.65. The molecule has 0 aliphatic carbocycles. The Kier molecular flexibility index (Phi) is 3.39. The molecule has 3 N–H and O–H groups in total. The average Bonchev–Trinajstić information content (AvgIpc) is 2.64. The van der Waals surface area contributed by atoms with Crippen LogP contribution in [0.5, 0.6) is 0 Å². The molecule has 1 heterocycles. The van der Waals surface area contributed by atoms with Crippen molar-refractivity contribution in [2.45, 2.75) is 19.4 Å². The first-order valence-electron chi connectivity index (χ1n) is 5.65. The van der Waals surface area contributed by atoms with Crippen LogP contribution in [0, 0.1) is 0 Å². The number of rotatable bonds is 5. The average molecular weight is 233 g/mol. The molecule has 0 saturated heterocycles. The molecule has 2 rings (SSSR count). The molecule has 90 valence electrons. The number of para-hydroxylation sites is 2. The van der Waals surface area contributed by atoms with E-state index < -0.39 is 5.97 Å². The van der Waals surface area contributed by atoms with Crippen LogP contribution >= 0.6 is 0 Å². The quantitative estimate of drug-likeness (QED) is 0.715. The van der Waals surface area contributed by atoms with Crippen LogP contribution in [-0.4, -0.2) is 22.1 Å². The van der Waals surface area contributed by atoms with Gasteiger partial charge in [-0.25, -0.2) is 4.98 Å². The molecule has 0 saturated carbocycles. The zero-order valence-corrected chi connectivity index (χ0v) is 9.56. The minimum Gasteiger partial charge on any atom is -0.550 e. The van der Waals surface area contributed by atoms with Crippen LogP contribution in [0.15, 0.2) is 24.3 Å². The van der Waals surface area contributed by atoms with E-state index in [-0.39, 0.29) is 6.42 Å². The molecule has 0 fully saturated rings. The van der Waals surface area contributed by atoms with E-state index in [1.54, 1.807) is 0 Å². The molecular weight excluding hydrogens is 218 g/mol. The Morgan fingerprint density at radius 1 is 1.41 bits per heavy atom. The molecule has 0 amide bonds. The third-order valence-electron chi connectivity index (χ3n) is 2.67. The number of nitrogens with zero attached hydrogens (tertiary/aromatic N) is 2. The van der Waals surface area contributed by atoms with E-state index in [4.69, 9.17) is 0 Å². The number of aliphatic carboxylic acids is 1. The number of carboxylic acid groups (broad SMARTS) is 1. The van der Waals surface area contributed by atoms with Crippen molar-refractivity contribution in [2.75, 3.05) is 6.54 Å². The van der Waals surface area contributed by atoms with Gasteiger partial charge < -0.3 is 20.2 Å². The van der Waals surface area contributed by atoms with E-state index in [2.05, 4.69) is 10.7 Å². The molecule has 17 heavy (non-hydrogen) atoms. The summed E-state index contributed by atoms with van der Waals surface area (Å²) in [7, 11) is 0. The second kappa shape index (κ2) is 4.97. The van der Waals surface area contributed by atoms with Gasteiger partial charge in [0.15, 0.2) is 0 Å². The molecule has 0 aliphatic rings. The number of carbonyl (C=O) groups excluding carboxylic acids is 1. The van der Waals surface area contributed by atoms with Crippen LogP contribution in [-0.2, 0) is 17.8 Å². The van der Waals surface area contributed by atoms with E-state index in [9.17, 15) is 9.90 Å². The van der Waals surface area contributed by atoms with Crippen LogP contribution in [0.2, 0.25) is 0 Å². The van der Waals surface area contributed by atoms with E-state index in [1.165, 1.54) is 0 Å². The highest BCUT2D eigenvalue weighted by molar-refractivity contribution is 5.76. The fraction of sp³-hybridized carbons (Fsp3) is 0.333. The number of hydrogen-bond donors (Lipinski definition) is 1. The number of imidazole rings is 1. The Bertz CT molecular complexity index is 534. The molecule has 0 aliphatic heterocycles. The molecule has 2 aromatic rings. The number of fused-ring (bicyclic) bond motifs is 1. The van der Waals surface area contributed by atoms with Crippen molar-refractivity contribution in [1.82, 2.24) is 9.55 Å². The van der Waals surface area contributed by atoms with Gasteiger partial charge in [-0.1, -0.05) is 12.1 Å². The van der Waals surface area contributed by atoms with Crippen molar-refractivity contribution in [1.29, 1.82) is 0 Å². The van der Waals surface area contributed by atoms with Crippen LogP contribution in [0.25, 0.3) is 11.0 Å². The van der Waals surface area contributed by atoms with Gasteiger partial charge in [-0.2, -0.15) is 0 Å². The number of quaternary nitrogens is 1. The summed E-state index contributed by atoms with van der Waals surface area (Å²) in [6, 6.07) is 7.72. The summed E-state index contributed by atoms with van der Waals surface area (Å²) in [6.07, 6.45) is 0.756. The van der Waals surface area contributed by atoms with Crippen molar-refractivity contribution in [3.63, 3.8) is 0 Å². The lowest BCUT2D eigenvalue weighted by Gasteiger charge is -2.08. The maximum Gasteiger partial charge on any atom is 0.115 e. The highest BCUT2D eigenvalue weighted by atomic mass is 16.4. The van der Waals surface area contributed by atoms with Gasteiger partial charge in [-0.15, -0.1) is 0 Å². The van der Waals surface area contributed by atoms with Gasteiger partial charge in [0.2, 0.25) is 0 Å². The van der Waals surface area contributed by atoms with Gasteiger partial charge in [0.25, 0.3) is 0 Å². The third kappa shape index (κ3) is 2.45. The van der Waals surface area contributed by atoms with E-state index >= 15 is 0 Å².